The van der Waals surface area contributed by atoms with E-state index in [-0.39, 0.29) is 0 Å². The van der Waals surface area contributed by atoms with E-state index < -0.39 is 41.7 Å². The summed E-state index contributed by atoms with van der Waals surface area (Å²) >= 11 is 0. The second-order valence-electron chi connectivity index (χ2n) is 9.49. The van der Waals surface area contributed by atoms with Gasteiger partial charge in [-0.1, -0.05) is 90.2 Å². The van der Waals surface area contributed by atoms with Gasteiger partial charge < -0.3 is 0 Å². The summed E-state index contributed by atoms with van der Waals surface area (Å²) in [4.78, 5) is -0.784. The van der Waals surface area contributed by atoms with Crippen LogP contribution in [0.3, 0.4) is 0 Å². The van der Waals surface area contributed by atoms with Gasteiger partial charge in [0.05, 0.1) is 9.79 Å². The van der Waals surface area contributed by atoms with Gasteiger partial charge in [-0.3, -0.25) is 9.11 Å². The lowest BCUT2D eigenvalue weighted by atomic mass is 10.0. The van der Waals surface area contributed by atoms with Crippen molar-refractivity contribution in [3.05, 3.63) is 59.2 Å². The van der Waals surface area contributed by atoms with Crippen LogP contribution >= 0.6 is 0 Å². The Kier molecular flexibility index (Phi) is 15.9. The summed E-state index contributed by atoms with van der Waals surface area (Å²) in [6.45, 7) is 4.32. The molecule has 0 amide bonds. The lowest BCUT2D eigenvalue weighted by Crippen LogP contribution is -2.00. The molecule has 38 heavy (non-hydrogen) atoms. The van der Waals surface area contributed by atoms with Crippen molar-refractivity contribution in [2.24, 2.45) is 0 Å². The lowest BCUT2D eigenvalue weighted by Gasteiger charge is -2.05. The molecule has 0 aliphatic carbocycles. The minimum absolute atomic E-state index is 0.392. The Labute approximate surface area is 227 Å². The maximum absolute atomic E-state index is 13.6. The Morgan fingerprint density at radius 2 is 0.868 bits per heavy atom. The molecule has 0 unspecified atom stereocenters. The molecule has 0 aliphatic rings. The van der Waals surface area contributed by atoms with E-state index in [1.807, 2.05) is 0 Å². The van der Waals surface area contributed by atoms with Gasteiger partial charge in [0.15, 0.2) is 0 Å². The van der Waals surface area contributed by atoms with E-state index in [2.05, 4.69) is 13.8 Å². The number of hydrogen-bond donors (Lipinski definition) is 2. The van der Waals surface area contributed by atoms with E-state index in [0.717, 1.165) is 50.7 Å². The van der Waals surface area contributed by atoms with E-state index in [0.29, 0.717) is 24.0 Å². The summed E-state index contributed by atoms with van der Waals surface area (Å²) in [7, 11) is -8.64. The molecule has 0 fully saturated rings. The zero-order valence-electron chi connectivity index (χ0n) is 22.5. The number of rotatable bonds is 16. The van der Waals surface area contributed by atoms with Crippen LogP contribution < -0.4 is 0 Å². The van der Waals surface area contributed by atoms with Crippen molar-refractivity contribution in [3.8, 4) is 0 Å². The molecule has 0 radical (unpaired) electrons. The first-order valence-electron chi connectivity index (χ1n) is 13.4. The van der Waals surface area contributed by atoms with Crippen LogP contribution in [-0.4, -0.2) is 25.9 Å². The van der Waals surface area contributed by atoms with Gasteiger partial charge >= 0.3 is 0 Å². The number of halogens is 2. The number of unbranched alkanes of at least 4 members (excludes halogenated alkanes) is 10. The molecular weight excluding hydrogens is 534 g/mol. The van der Waals surface area contributed by atoms with Crippen LogP contribution in [0, 0.1) is 11.6 Å². The molecule has 6 nitrogen and oxygen atoms in total. The van der Waals surface area contributed by atoms with Gasteiger partial charge in [-0.25, -0.2) is 8.78 Å². The first-order valence-corrected chi connectivity index (χ1v) is 16.3. The Bertz CT molecular complexity index is 1090. The average molecular weight is 577 g/mol. The Hall–Kier alpha value is -1.88. The summed E-state index contributed by atoms with van der Waals surface area (Å²) in [6, 6.07) is 7.11. The number of hydrogen-bond acceptors (Lipinski definition) is 4. The molecule has 0 spiro atoms. The van der Waals surface area contributed by atoms with E-state index in [4.69, 9.17) is 9.11 Å². The van der Waals surface area contributed by atoms with E-state index in [9.17, 15) is 25.6 Å². The highest BCUT2D eigenvalue weighted by Gasteiger charge is 2.13. The molecule has 0 saturated carbocycles. The fourth-order valence-corrected chi connectivity index (χ4v) is 4.96. The van der Waals surface area contributed by atoms with Gasteiger partial charge in [0.2, 0.25) is 0 Å². The van der Waals surface area contributed by atoms with Crippen LogP contribution in [0.4, 0.5) is 8.78 Å². The van der Waals surface area contributed by atoms with Crippen LogP contribution in [0.25, 0.3) is 0 Å². The zero-order chi connectivity index (χ0) is 28.6. The van der Waals surface area contributed by atoms with Crippen molar-refractivity contribution in [1.29, 1.82) is 0 Å². The summed E-state index contributed by atoms with van der Waals surface area (Å²) in [6.07, 6.45) is 14.7. The molecule has 0 heterocycles. The first kappa shape index (κ1) is 34.1. The molecule has 0 atom stereocenters. The zero-order valence-corrected chi connectivity index (χ0v) is 24.1. The van der Waals surface area contributed by atoms with Gasteiger partial charge in [0.1, 0.15) is 11.6 Å². The summed E-state index contributed by atoms with van der Waals surface area (Å²) in [5, 5.41) is 0. The predicted octanol–water partition coefficient (Wildman–Crippen LogP) is 7.95. The maximum Gasteiger partial charge on any atom is 0.294 e. The van der Waals surface area contributed by atoms with Crippen LogP contribution in [0.5, 0.6) is 0 Å². The monoisotopic (exact) mass is 576 g/mol. The maximum atomic E-state index is 13.6. The Morgan fingerprint density at radius 3 is 1.16 bits per heavy atom. The summed E-state index contributed by atoms with van der Waals surface area (Å²) in [5.41, 5.74) is 1.01. The molecule has 0 bridgehead atoms. The molecule has 2 aromatic rings. The van der Waals surface area contributed by atoms with Crippen LogP contribution in [0.1, 0.15) is 102 Å². The molecule has 2 N–H and O–H groups in total. The minimum Gasteiger partial charge on any atom is -0.282 e. The molecule has 0 aromatic heterocycles. The van der Waals surface area contributed by atoms with Crippen LogP contribution in [-0.2, 0) is 33.1 Å². The third kappa shape index (κ3) is 13.8. The molecule has 2 rings (SSSR count). The third-order valence-electron chi connectivity index (χ3n) is 6.24. The van der Waals surface area contributed by atoms with Gasteiger partial charge in [-0.15, -0.1) is 0 Å². The van der Waals surface area contributed by atoms with E-state index in [1.165, 1.54) is 62.8 Å². The van der Waals surface area contributed by atoms with Gasteiger partial charge in [-0.2, -0.15) is 16.8 Å². The second kappa shape index (κ2) is 17.7. The fraction of sp³-hybridized carbons (Fsp3) is 0.571. The fourth-order valence-electron chi connectivity index (χ4n) is 3.97. The SMILES string of the molecule is CCCCCCCCc1ccc(S(=O)(=O)O)cc1F.CCCCCCCCc1ccc(S(=O)(=O)O)cc1F. The molecule has 0 saturated heterocycles. The van der Waals surface area contributed by atoms with Crippen LogP contribution in [0.15, 0.2) is 46.2 Å². The van der Waals surface area contributed by atoms with E-state index in [1.54, 1.807) is 0 Å². The number of aryl methyl sites for hydroxylation is 2. The van der Waals surface area contributed by atoms with Crippen molar-refractivity contribution in [1.82, 2.24) is 0 Å². The minimum atomic E-state index is -4.32. The summed E-state index contributed by atoms with van der Waals surface area (Å²) in [5.74, 6) is -1.13. The number of benzene rings is 2. The molecule has 216 valence electrons. The molecule has 2 aromatic carbocycles. The summed E-state index contributed by atoms with van der Waals surface area (Å²) < 4.78 is 88.3. The standard InChI is InChI=1S/2C14H21FO3S/c2*1-2-3-4-5-6-7-8-12-9-10-13(11-14(12)15)19(16,17)18/h2*9-11H,2-8H2,1H3,(H,16,17,18). The van der Waals surface area contributed by atoms with Crippen molar-refractivity contribution < 1.29 is 34.7 Å². The topological polar surface area (TPSA) is 109 Å². The smallest absolute Gasteiger partial charge is 0.282 e. The highest BCUT2D eigenvalue weighted by atomic mass is 32.2. The van der Waals surface area contributed by atoms with Crippen molar-refractivity contribution >= 4 is 20.2 Å². The highest BCUT2D eigenvalue weighted by molar-refractivity contribution is 7.86. The van der Waals surface area contributed by atoms with Gasteiger partial charge in [0.25, 0.3) is 20.2 Å². The molecular formula is C28H42F2O6S2. The van der Waals surface area contributed by atoms with Gasteiger partial charge in [-0.05, 0) is 61.1 Å². The molecule has 10 heteroatoms. The highest BCUT2D eigenvalue weighted by Crippen LogP contribution is 2.19. The van der Waals surface area contributed by atoms with Crippen LogP contribution in [0.2, 0.25) is 0 Å². The van der Waals surface area contributed by atoms with Gasteiger partial charge in [0, 0.05) is 0 Å². The van der Waals surface area contributed by atoms with E-state index >= 15 is 0 Å². The Morgan fingerprint density at radius 1 is 0.553 bits per heavy atom. The third-order valence-corrected chi connectivity index (χ3v) is 7.94. The second-order valence-corrected chi connectivity index (χ2v) is 12.3. The normalized spacial score (nSPS) is 11.7. The Balaban J connectivity index is 0.000000380. The van der Waals surface area contributed by atoms with Crippen molar-refractivity contribution in [3.63, 3.8) is 0 Å². The quantitative estimate of drug-likeness (QED) is 0.155. The predicted molar refractivity (Wildman–Crippen MR) is 147 cm³/mol. The first-order chi connectivity index (χ1) is 17.9. The van der Waals surface area contributed by atoms with Crippen molar-refractivity contribution in [2.75, 3.05) is 0 Å². The van der Waals surface area contributed by atoms with Crippen molar-refractivity contribution in [2.45, 2.75) is 114 Å². The largest absolute Gasteiger partial charge is 0.294 e. The lowest BCUT2D eigenvalue weighted by molar-refractivity contribution is 0.479. The molecule has 0 aliphatic heterocycles. The average Bonchev–Trinajstić information content (AvgIpc) is 2.84.